The van der Waals surface area contributed by atoms with Gasteiger partial charge in [-0.15, -0.1) is 0 Å². The molecule has 2 N–H and O–H groups in total. The van der Waals surface area contributed by atoms with Crippen LogP contribution in [0.5, 0.6) is 0 Å². The van der Waals surface area contributed by atoms with E-state index in [1.54, 1.807) is 0 Å². The third kappa shape index (κ3) is 8.57. The van der Waals surface area contributed by atoms with Crippen LogP contribution in [-0.2, 0) is 20.2 Å². The van der Waals surface area contributed by atoms with Gasteiger partial charge in [0.15, 0.2) is 0 Å². The molecular weight excluding hydrogens is 558 g/mol. The van der Waals surface area contributed by atoms with Crippen molar-refractivity contribution in [3.8, 4) is 0 Å². The second-order valence-electron chi connectivity index (χ2n) is 6.92. The van der Waals surface area contributed by atoms with Crippen LogP contribution in [-0.4, -0.2) is 55.8 Å². The van der Waals surface area contributed by atoms with Crippen LogP contribution in [0, 0.1) is 0 Å². The summed E-state index contributed by atoms with van der Waals surface area (Å²) in [6.45, 7) is 0. The summed E-state index contributed by atoms with van der Waals surface area (Å²) in [5.41, 5.74) is 0.356. The molecule has 0 aliphatic heterocycles. The van der Waals surface area contributed by atoms with Crippen LogP contribution in [0.4, 0.5) is 23.3 Å². The van der Waals surface area contributed by atoms with Gasteiger partial charge in [-0.2, -0.15) is 0 Å². The van der Waals surface area contributed by atoms with E-state index in [1.807, 2.05) is 0 Å². The number of anilines is 4. The second kappa shape index (κ2) is 13.6. The quantitative estimate of drug-likeness (QED) is 0.116. The van der Waals surface area contributed by atoms with E-state index in [0.717, 1.165) is 12.1 Å². The van der Waals surface area contributed by atoms with Gasteiger partial charge in [-0.25, -0.2) is 46.7 Å². The Balaban J connectivity index is 0.00000253. The molecule has 2 aromatic carbocycles. The molecule has 0 fully saturated rings. The van der Waals surface area contributed by atoms with Crippen molar-refractivity contribution < 1.29 is 85.1 Å². The van der Waals surface area contributed by atoms with E-state index in [2.05, 4.69) is 40.5 Å². The van der Waals surface area contributed by atoms with Crippen LogP contribution < -0.4 is 69.7 Å². The first-order chi connectivity index (χ1) is 17.1. The van der Waals surface area contributed by atoms with E-state index < -0.39 is 30.0 Å². The summed E-state index contributed by atoms with van der Waals surface area (Å²) < 4.78 is 71.3. The van der Waals surface area contributed by atoms with Gasteiger partial charge < -0.3 is 19.7 Å². The summed E-state index contributed by atoms with van der Waals surface area (Å²) in [6, 6.07) is 7.74. The van der Waals surface area contributed by atoms with Crippen molar-refractivity contribution in [2.24, 2.45) is 0 Å². The third-order valence-corrected chi connectivity index (χ3v) is 6.29. The van der Waals surface area contributed by atoms with Crippen LogP contribution in [0.15, 0.2) is 71.5 Å². The summed E-state index contributed by atoms with van der Waals surface area (Å²) in [7, 11) is -9.87. The molecule has 4 rings (SSSR count). The van der Waals surface area contributed by atoms with Crippen molar-refractivity contribution in [1.29, 1.82) is 0 Å². The largest absolute Gasteiger partial charge is 1.00 e. The molecule has 184 valence electrons. The van der Waals surface area contributed by atoms with Gasteiger partial charge in [0.1, 0.15) is 45.5 Å². The molecule has 0 saturated carbocycles. The molecule has 0 spiro atoms. The second-order valence-corrected chi connectivity index (χ2v) is 9.62. The predicted molar refractivity (Wildman–Crippen MR) is 124 cm³/mol. The van der Waals surface area contributed by atoms with Gasteiger partial charge in [-0.3, -0.25) is 0 Å². The zero-order valence-corrected chi connectivity index (χ0v) is 25.5. The molecular formula is C20H14N8Na2O6S2. The van der Waals surface area contributed by atoms with Gasteiger partial charge in [0.2, 0.25) is 11.9 Å². The summed E-state index contributed by atoms with van der Waals surface area (Å²) in [6.07, 6.45) is 7.32. The maximum Gasteiger partial charge on any atom is 1.00 e. The van der Waals surface area contributed by atoms with Gasteiger partial charge in [0.05, 0.1) is 9.79 Å². The molecule has 4 aromatic rings. The van der Waals surface area contributed by atoms with Gasteiger partial charge in [0, 0.05) is 11.4 Å². The zero-order valence-electron chi connectivity index (χ0n) is 19.9. The smallest absolute Gasteiger partial charge is 0.744 e. The molecule has 0 aliphatic carbocycles. The Hall–Kier alpha value is -2.38. The van der Waals surface area contributed by atoms with Crippen LogP contribution in [0.2, 0.25) is 0 Å². The molecule has 0 atom stereocenters. The standard InChI is InChI=1S/C20H16N8O6S2.2Na/c29-35(30,31)17-7-15(27-19-23-9-21-10-24-19)5-3-13(17)1-2-14-4-6-16(8-18(14)36(32,33)34)28-20-25-11-22-12-26-20;;/h1-12H,(H,29,30,31)(H,32,33,34)(H,21,23,24,27)(H,22,25,26,28);;/q;2*+1/p-2/b2-1+;;. The van der Waals surface area contributed by atoms with Crippen LogP contribution in [0.25, 0.3) is 12.2 Å². The minimum Gasteiger partial charge on any atom is -0.744 e. The Morgan fingerprint density at radius 3 is 1.26 bits per heavy atom. The monoisotopic (exact) mass is 572 g/mol. The predicted octanol–water partition coefficient (Wildman–Crippen LogP) is -4.47. The summed E-state index contributed by atoms with van der Waals surface area (Å²) >= 11 is 0. The molecule has 0 aliphatic rings. The number of aromatic nitrogens is 6. The Morgan fingerprint density at radius 2 is 0.947 bits per heavy atom. The number of hydrogen-bond acceptors (Lipinski definition) is 14. The topological polar surface area (TPSA) is 216 Å². The van der Waals surface area contributed by atoms with Crippen LogP contribution in [0.1, 0.15) is 11.1 Å². The minimum absolute atomic E-state index is 0. The Bertz CT molecular complexity index is 1520. The number of hydrogen-bond donors (Lipinski definition) is 2. The van der Waals surface area contributed by atoms with Crippen molar-refractivity contribution in [3.05, 3.63) is 72.8 Å². The molecule has 0 bridgehead atoms. The van der Waals surface area contributed by atoms with Crippen LogP contribution in [0.3, 0.4) is 0 Å². The molecule has 0 saturated heterocycles. The Morgan fingerprint density at radius 1 is 0.605 bits per heavy atom. The first kappa shape index (κ1) is 31.8. The van der Waals surface area contributed by atoms with Crippen LogP contribution >= 0.6 is 0 Å². The van der Waals surface area contributed by atoms with E-state index in [0.29, 0.717) is 0 Å². The fourth-order valence-corrected chi connectivity index (χ4v) is 4.37. The summed E-state index contributed by atoms with van der Waals surface area (Å²) in [4.78, 5) is 21.6. The fraction of sp³-hybridized carbons (Fsp3) is 0. The Labute approximate surface area is 261 Å². The van der Waals surface area contributed by atoms with E-state index in [1.165, 1.54) is 61.7 Å². The number of benzene rings is 2. The fourth-order valence-electron chi connectivity index (χ4n) is 2.98. The van der Waals surface area contributed by atoms with Gasteiger partial charge in [-0.05, 0) is 35.4 Å². The number of nitrogens with one attached hydrogen (secondary N) is 2. The number of rotatable bonds is 8. The van der Waals surface area contributed by atoms with E-state index in [-0.39, 0.29) is 93.5 Å². The SMILES string of the molecule is O=S(=O)([O-])c1cc(Nc2ncncn2)ccc1/C=C/c1ccc(Nc2ncncn2)cc1S(=O)(=O)[O-].[Na+].[Na+]. The average molecular weight is 572 g/mol. The summed E-state index contributed by atoms with van der Waals surface area (Å²) in [5, 5.41) is 5.48. The van der Waals surface area contributed by atoms with Gasteiger partial charge in [0.25, 0.3) is 0 Å². The van der Waals surface area contributed by atoms with Gasteiger partial charge >= 0.3 is 59.1 Å². The van der Waals surface area contributed by atoms with Crippen molar-refractivity contribution in [2.45, 2.75) is 9.79 Å². The van der Waals surface area contributed by atoms with Crippen molar-refractivity contribution in [1.82, 2.24) is 29.9 Å². The van der Waals surface area contributed by atoms with E-state index in [4.69, 9.17) is 0 Å². The molecule has 0 unspecified atom stereocenters. The molecule has 38 heavy (non-hydrogen) atoms. The minimum atomic E-state index is -4.94. The maximum absolute atomic E-state index is 11.9. The summed E-state index contributed by atoms with van der Waals surface area (Å²) in [5.74, 6) is 0.248. The van der Waals surface area contributed by atoms with Gasteiger partial charge in [-0.1, -0.05) is 24.3 Å². The van der Waals surface area contributed by atoms with Crippen molar-refractivity contribution >= 4 is 55.7 Å². The normalized spacial score (nSPS) is 11.3. The Kier molecular flexibility index (Phi) is 11.4. The molecule has 14 nitrogen and oxygen atoms in total. The third-order valence-electron chi connectivity index (χ3n) is 4.51. The molecule has 2 aromatic heterocycles. The molecule has 18 heteroatoms. The van der Waals surface area contributed by atoms with E-state index >= 15 is 0 Å². The van der Waals surface area contributed by atoms with Crippen molar-refractivity contribution in [3.63, 3.8) is 0 Å². The maximum atomic E-state index is 11.9. The average Bonchev–Trinajstić information content (AvgIpc) is 2.84. The first-order valence-corrected chi connectivity index (χ1v) is 12.6. The van der Waals surface area contributed by atoms with E-state index in [9.17, 15) is 25.9 Å². The van der Waals surface area contributed by atoms with Crippen molar-refractivity contribution in [2.75, 3.05) is 10.6 Å². The zero-order chi connectivity index (χ0) is 25.8. The molecule has 2 heterocycles. The number of nitrogens with zero attached hydrogens (tertiary/aromatic N) is 6. The first-order valence-electron chi connectivity index (χ1n) is 9.76. The molecule has 0 radical (unpaired) electrons. The molecule has 0 amide bonds.